The van der Waals surface area contributed by atoms with E-state index in [-0.39, 0.29) is 10.9 Å². The van der Waals surface area contributed by atoms with Crippen LogP contribution in [0.3, 0.4) is 0 Å². The Morgan fingerprint density at radius 3 is 2.30 bits per heavy atom. The number of hydrogen-bond acceptors (Lipinski definition) is 1. The Morgan fingerprint density at radius 1 is 1.50 bits per heavy atom. The topological polar surface area (TPSA) is 12.4 Å². The number of halogens is 1. The van der Waals surface area contributed by atoms with E-state index in [0.717, 1.165) is 6.42 Å². The molecule has 60 valence electrons. The van der Waals surface area contributed by atoms with Gasteiger partial charge in [0.15, 0.2) is 0 Å². The molecule has 10 heavy (non-hydrogen) atoms. The molecule has 1 atom stereocenters. The van der Waals surface area contributed by atoms with Crippen molar-refractivity contribution in [2.24, 2.45) is 4.99 Å². The Morgan fingerprint density at radius 2 is 2.00 bits per heavy atom. The molecule has 0 spiro atoms. The fourth-order valence-electron chi connectivity index (χ4n) is 0.410. The highest BCUT2D eigenvalue weighted by atomic mass is 35.5. The molecule has 1 unspecified atom stereocenters. The van der Waals surface area contributed by atoms with Gasteiger partial charge < -0.3 is 0 Å². The third-order valence-corrected chi connectivity index (χ3v) is 1.43. The van der Waals surface area contributed by atoms with Crippen LogP contribution in [-0.4, -0.2) is 17.1 Å². The summed E-state index contributed by atoms with van der Waals surface area (Å²) < 4.78 is 0. The van der Waals surface area contributed by atoms with Gasteiger partial charge in [-0.25, -0.2) is 0 Å². The first-order valence-corrected chi connectivity index (χ1v) is 4.09. The number of rotatable bonds is 2. The summed E-state index contributed by atoms with van der Waals surface area (Å²) in [4.78, 5) is 4.27. The van der Waals surface area contributed by atoms with Crippen molar-refractivity contribution in [1.82, 2.24) is 0 Å². The Labute approximate surface area is 68.5 Å². The van der Waals surface area contributed by atoms with Crippen molar-refractivity contribution in [3.05, 3.63) is 0 Å². The van der Waals surface area contributed by atoms with Gasteiger partial charge >= 0.3 is 0 Å². The quantitative estimate of drug-likeness (QED) is 0.436. The SMILES string of the molecule is CCC(Cl)C=NC(C)(C)C. The van der Waals surface area contributed by atoms with Crippen molar-refractivity contribution in [2.75, 3.05) is 0 Å². The van der Waals surface area contributed by atoms with E-state index >= 15 is 0 Å². The van der Waals surface area contributed by atoms with Gasteiger partial charge in [0.25, 0.3) is 0 Å². The molecule has 0 aromatic rings. The van der Waals surface area contributed by atoms with Crippen LogP contribution in [0.25, 0.3) is 0 Å². The molecule has 0 radical (unpaired) electrons. The summed E-state index contributed by atoms with van der Waals surface area (Å²) in [6.07, 6.45) is 2.77. The molecule has 0 aliphatic carbocycles. The predicted octanol–water partition coefficient (Wildman–Crippen LogP) is 2.87. The fourth-order valence-corrected chi connectivity index (χ4v) is 0.466. The maximum absolute atomic E-state index is 5.82. The molecule has 1 nitrogen and oxygen atoms in total. The molecule has 0 saturated carbocycles. The van der Waals surface area contributed by atoms with Crippen molar-refractivity contribution >= 4 is 17.8 Å². The number of nitrogens with zero attached hydrogens (tertiary/aromatic N) is 1. The highest BCUT2D eigenvalue weighted by molar-refractivity contribution is 6.28. The molecule has 0 aromatic carbocycles. The van der Waals surface area contributed by atoms with E-state index in [4.69, 9.17) is 11.6 Å². The molecule has 0 aromatic heterocycles. The van der Waals surface area contributed by atoms with Crippen molar-refractivity contribution in [3.8, 4) is 0 Å². The van der Waals surface area contributed by atoms with Crippen LogP contribution in [-0.2, 0) is 0 Å². The fraction of sp³-hybridized carbons (Fsp3) is 0.875. The summed E-state index contributed by atoms with van der Waals surface area (Å²) in [5.41, 5.74) is 0.0162. The minimum absolute atomic E-state index is 0.0162. The third-order valence-electron chi connectivity index (χ3n) is 1.01. The van der Waals surface area contributed by atoms with Gasteiger partial charge in [-0.1, -0.05) is 6.92 Å². The van der Waals surface area contributed by atoms with Gasteiger partial charge in [-0.2, -0.15) is 0 Å². The van der Waals surface area contributed by atoms with Crippen LogP contribution in [0.1, 0.15) is 34.1 Å². The largest absolute Gasteiger partial charge is 0.290 e. The summed E-state index contributed by atoms with van der Waals surface area (Å²) in [5, 5.41) is 0.0965. The van der Waals surface area contributed by atoms with Crippen LogP contribution < -0.4 is 0 Å². The monoisotopic (exact) mass is 161 g/mol. The smallest absolute Gasteiger partial charge is 0.0681 e. The Balaban J connectivity index is 3.75. The van der Waals surface area contributed by atoms with Crippen LogP contribution in [0, 0.1) is 0 Å². The maximum Gasteiger partial charge on any atom is 0.0681 e. The molecule has 0 N–H and O–H groups in total. The Hall–Kier alpha value is -0.0400. The standard InChI is InChI=1S/C8H16ClN/c1-5-7(9)6-10-8(2,3)4/h6-7H,5H2,1-4H3. The molecule has 0 aliphatic heterocycles. The van der Waals surface area contributed by atoms with Gasteiger partial charge in [0, 0.05) is 6.21 Å². The van der Waals surface area contributed by atoms with E-state index in [1.54, 1.807) is 0 Å². The first-order chi connectivity index (χ1) is 4.45. The number of hydrogen-bond donors (Lipinski definition) is 0. The average molecular weight is 162 g/mol. The lowest BCUT2D eigenvalue weighted by molar-refractivity contribution is 0.584. The normalized spacial score (nSPS) is 16.1. The van der Waals surface area contributed by atoms with E-state index in [9.17, 15) is 0 Å². The lowest BCUT2D eigenvalue weighted by Crippen LogP contribution is -2.12. The molecule has 2 heteroatoms. The lowest BCUT2D eigenvalue weighted by atomic mass is 10.1. The van der Waals surface area contributed by atoms with E-state index in [1.165, 1.54) is 0 Å². The van der Waals surface area contributed by atoms with Gasteiger partial charge in [0.2, 0.25) is 0 Å². The number of alkyl halides is 1. The lowest BCUT2D eigenvalue weighted by Gasteiger charge is -2.11. The predicted molar refractivity (Wildman–Crippen MR) is 48.2 cm³/mol. The second kappa shape index (κ2) is 3.97. The van der Waals surface area contributed by atoms with E-state index < -0.39 is 0 Å². The highest BCUT2D eigenvalue weighted by Gasteiger charge is 2.05. The van der Waals surface area contributed by atoms with E-state index in [0.29, 0.717) is 0 Å². The Bertz CT molecular complexity index is 113. The van der Waals surface area contributed by atoms with Crippen molar-refractivity contribution in [3.63, 3.8) is 0 Å². The van der Waals surface area contributed by atoms with Gasteiger partial charge in [0.05, 0.1) is 10.9 Å². The summed E-state index contributed by atoms with van der Waals surface area (Å²) in [5.74, 6) is 0. The highest BCUT2D eigenvalue weighted by Crippen LogP contribution is 2.07. The molecule has 0 rings (SSSR count). The summed E-state index contributed by atoms with van der Waals surface area (Å²) in [6, 6.07) is 0. The average Bonchev–Trinajstić information content (AvgIpc) is 1.81. The van der Waals surface area contributed by atoms with Gasteiger partial charge in [-0.05, 0) is 27.2 Å². The van der Waals surface area contributed by atoms with E-state index in [1.807, 2.05) is 13.1 Å². The van der Waals surface area contributed by atoms with Crippen molar-refractivity contribution < 1.29 is 0 Å². The first kappa shape index (κ1) is 9.96. The minimum Gasteiger partial charge on any atom is -0.290 e. The molecule has 0 aliphatic rings. The molecule has 0 saturated heterocycles. The third kappa shape index (κ3) is 6.09. The summed E-state index contributed by atoms with van der Waals surface area (Å²) >= 11 is 5.82. The second-order valence-corrected chi connectivity index (χ2v) is 3.93. The van der Waals surface area contributed by atoms with Crippen molar-refractivity contribution in [2.45, 2.75) is 45.0 Å². The number of aliphatic imine (C=N–C) groups is 1. The molecular weight excluding hydrogens is 146 g/mol. The van der Waals surface area contributed by atoms with Crippen LogP contribution in [0.2, 0.25) is 0 Å². The van der Waals surface area contributed by atoms with Gasteiger partial charge in [-0.15, -0.1) is 11.6 Å². The van der Waals surface area contributed by atoms with Crippen LogP contribution >= 0.6 is 11.6 Å². The molecule has 0 heterocycles. The first-order valence-electron chi connectivity index (χ1n) is 3.65. The van der Waals surface area contributed by atoms with Crippen LogP contribution in [0.4, 0.5) is 0 Å². The van der Waals surface area contributed by atoms with E-state index in [2.05, 4.69) is 25.8 Å². The Kier molecular flexibility index (Phi) is 3.95. The van der Waals surface area contributed by atoms with Crippen LogP contribution in [0.5, 0.6) is 0 Å². The van der Waals surface area contributed by atoms with Gasteiger partial charge in [-0.3, -0.25) is 4.99 Å². The zero-order chi connectivity index (χ0) is 8.20. The second-order valence-electron chi connectivity index (χ2n) is 3.37. The molecule has 0 bridgehead atoms. The summed E-state index contributed by atoms with van der Waals surface area (Å²) in [7, 11) is 0. The van der Waals surface area contributed by atoms with Crippen molar-refractivity contribution in [1.29, 1.82) is 0 Å². The summed E-state index contributed by atoms with van der Waals surface area (Å²) in [6.45, 7) is 8.22. The maximum atomic E-state index is 5.82. The van der Waals surface area contributed by atoms with Gasteiger partial charge in [0.1, 0.15) is 0 Å². The zero-order valence-corrected chi connectivity index (χ0v) is 7.94. The minimum atomic E-state index is 0.0162. The molecular formula is C8H16ClN. The molecule has 0 fully saturated rings. The van der Waals surface area contributed by atoms with Crippen LogP contribution in [0.15, 0.2) is 4.99 Å². The molecule has 0 amide bonds. The zero-order valence-electron chi connectivity index (χ0n) is 7.19.